The minimum atomic E-state index is -0.987. The van der Waals surface area contributed by atoms with Crippen molar-refractivity contribution >= 4 is 17.6 Å². The molecule has 2 atom stereocenters. The lowest BCUT2D eigenvalue weighted by Gasteiger charge is -2.28. The van der Waals surface area contributed by atoms with Crippen molar-refractivity contribution in [3.63, 3.8) is 0 Å². The van der Waals surface area contributed by atoms with Crippen LogP contribution >= 0.6 is 0 Å². The second-order valence-electron chi connectivity index (χ2n) is 5.82. The van der Waals surface area contributed by atoms with Crippen molar-refractivity contribution in [1.82, 2.24) is 5.32 Å². The summed E-state index contributed by atoms with van der Waals surface area (Å²) in [5, 5.41) is 15.5. The van der Waals surface area contributed by atoms with Gasteiger partial charge in [-0.2, -0.15) is 0 Å². The highest BCUT2D eigenvalue weighted by Gasteiger charge is 2.34. The summed E-state index contributed by atoms with van der Waals surface area (Å²) in [7, 11) is 0. The number of carbonyl (C=O) groups is 2. The number of carbonyl (C=O) groups excluding carboxylic acids is 1. The van der Waals surface area contributed by atoms with Crippen LogP contribution in [0.5, 0.6) is 0 Å². The molecule has 1 heterocycles. The molecular weight excluding hydrogens is 303 g/mol. The first kappa shape index (κ1) is 16.9. The Labute approximate surface area is 133 Å². The van der Waals surface area contributed by atoms with Crippen molar-refractivity contribution in [3.8, 4) is 0 Å². The van der Waals surface area contributed by atoms with E-state index >= 15 is 0 Å². The number of halogens is 1. The quantitative estimate of drug-likeness (QED) is 0.839. The highest BCUT2D eigenvalue weighted by Crippen LogP contribution is 2.20. The molecule has 2 N–H and O–H groups in total. The van der Waals surface area contributed by atoms with Gasteiger partial charge >= 0.3 is 5.97 Å². The minimum Gasteiger partial charge on any atom is -0.481 e. The number of amides is 1. The molecule has 1 aliphatic rings. The molecule has 0 radical (unpaired) electrons. The zero-order valence-electron chi connectivity index (χ0n) is 13.0. The molecule has 0 aliphatic carbocycles. The maximum absolute atomic E-state index is 13.2. The van der Waals surface area contributed by atoms with Crippen LogP contribution in [0.3, 0.4) is 0 Å². The number of aliphatic carboxylic acids is 1. The second kappa shape index (κ2) is 6.76. The third-order valence-electron chi connectivity index (χ3n) is 3.87. The van der Waals surface area contributed by atoms with E-state index in [0.717, 1.165) is 0 Å². The van der Waals surface area contributed by atoms with Crippen LogP contribution in [-0.4, -0.2) is 34.3 Å². The summed E-state index contributed by atoms with van der Waals surface area (Å²) in [5.41, 5.74) is 0.193. The van der Waals surface area contributed by atoms with Crippen molar-refractivity contribution in [2.75, 3.05) is 0 Å². The summed E-state index contributed by atoms with van der Waals surface area (Å²) in [6.07, 6.45) is -0.343. The smallest absolute Gasteiger partial charge is 0.305 e. The van der Waals surface area contributed by atoms with E-state index in [1.807, 2.05) is 0 Å². The highest BCUT2D eigenvalue weighted by atomic mass is 19.1. The Bertz CT molecular complexity index is 647. The first-order valence-electron chi connectivity index (χ1n) is 7.35. The van der Waals surface area contributed by atoms with Gasteiger partial charge in [0, 0.05) is 17.5 Å². The van der Waals surface area contributed by atoms with Gasteiger partial charge < -0.3 is 15.3 Å². The number of oxime groups is 1. The lowest BCUT2D eigenvalue weighted by atomic mass is 9.93. The lowest BCUT2D eigenvalue weighted by Crippen LogP contribution is -2.50. The van der Waals surface area contributed by atoms with Crippen molar-refractivity contribution in [3.05, 3.63) is 35.6 Å². The zero-order chi connectivity index (χ0) is 17.0. The standard InChI is InChI=1S/C16H19FN2O4/c1-3-16(2,9-14(20)21)18-15(22)13-8-12(19-23-13)10-5-4-6-11(17)7-10/h4-7,13H,3,8-9H2,1-2H3,(H,18,22)(H,20,21)/t13-,16+/m0/s1. The van der Waals surface area contributed by atoms with E-state index in [0.29, 0.717) is 17.7 Å². The topological polar surface area (TPSA) is 88.0 Å². The Morgan fingerprint density at radius 3 is 2.87 bits per heavy atom. The molecule has 1 amide bonds. The van der Waals surface area contributed by atoms with Crippen LogP contribution in [-0.2, 0) is 14.4 Å². The lowest BCUT2D eigenvalue weighted by molar-refractivity contribution is -0.140. The predicted octanol–water partition coefficient (Wildman–Crippen LogP) is 2.08. The normalized spacial score (nSPS) is 19.4. The average Bonchev–Trinajstić information content (AvgIpc) is 2.96. The second-order valence-corrected chi connectivity index (χ2v) is 5.82. The number of carboxylic acids is 1. The molecule has 1 aliphatic heterocycles. The molecule has 23 heavy (non-hydrogen) atoms. The third-order valence-corrected chi connectivity index (χ3v) is 3.87. The fourth-order valence-corrected chi connectivity index (χ4v) is 2.33. The van der Waals surface area contributed by atoms with E-state index in [1.165, 1.54) is 12.1 Å². The Morgan fingerprint density at radius 2 is 2.26 bits per heavy atom. The molecule has 7 heteroatoms. The minimum absolute atomic E-state index is 0.181. The zero-order valence-corrected chi connectivity index (χ0v) is 13.0. The van der Waals surface area contributed by atoms with Crippen LogP contribution in [0.2, 0.25) is 0 Å². The maximum atomic E-state index is 13.2. The molecule has 0 aromatic heterocycles. The molecule has 0 saturated heterocycles. The fourth-order valence-electron chi connectivity index (χ4n) is 2.33. The molecule has 0 saturated carbocycles. The van der Waals surface area contributed by atoms with Gasteiger partial charge in [0.05, 0.1) is 12.1 Å². The molecule has 6 nitrogen and oxygen atoms in total. The summed E-state index contributed by atoms with van der Waals surface area (Å²) < 4.78 is 13.2. The van der Waals surface area contributed by atoms with Gasteiger partial charge in [0.2, 0.25) is 6.10 Å². The van der Waals surface area contributed by atoms with Crippen LogP contribution < -0.4 is 5.32 Å². The van der Waals surface area contributed by atoms with Gasteiger partial charge in [-0.25, -0.2) is 4.39 Å². The van der Waals surface area contributed by atoms with Gasteiger partial charge in [0.15, 0.2) is 0 Å². The van der Waals surface area contributed by atoms with Crippen LogP contribution in [0.25, 0.3) is 0 Å². The van der Waals surface area contributed by atoms with Gasteiger partial charge in [0.25, 0.3) is 5.91 Å². The molecule has 0 unspecified atom stereocenters. The first-order valence-corrected chi connectivity index (χ1v) is 7.35. The SMILES string of the molecule is CC[C@](C)(CC(=O)O)NC(=O)[C@@H]1CC(c2cccc(F)c2)=NO1. The molecule has 2 rings (SSSR count). The van der Waals surface area contributed by atoms with Crippen molar-refractivity contribution < 1.29 is 23.9 Å². The van der Waals surface area contributed by atoms with E-state index in [-0.39, 0.29) is 12.8 Å². The molecule has 124 valence electrons. The number of hydrogen-bond acceptors (Lipinski definition) is 4. The summed E-state index contributed by atoms with van der Waals surface area (Å²) in [6.45, 7) is 3.47. The maximum Gasteiger partial charge on any atom is 0.305 e. The van der Waals surface area contributed by atoms with Gasteiger partial charge in [-0.1, -0.05) is 24.2 Å². The van der Waals surface area contributed by atoms with Crippen LogP contribution in [0.4, 0.5) is 4.39 Å². The van der Waals surface area contributed by atoms with Gasteiger partial charge in [0.1, 0.15) is 5.82 Å². The number of nitrogens with zero attached hydrogens (tertiary/aromatic N) is 1. The van der Waals surface area contributed by atoms with E-state index in [2.05, 4.69) is 10.5 Å². The van der Waals surface area contributed by atoms with Crippen LogP contribution in [0.1, 0.15) is 38.7 Å². The molecule has 0 bridgehead atoms. The number of carboxylic acid groups (broad SMARTS) is 1. The van der Waals surface area contributed by atoms with E-state index < -0.39 is 29.3 Å². The summed E-state index contributed by atoms with van der Waals surface area (Å²) in [4.78, 5) is 28.3. The number of rotatable bonds is 6. The Morgan fingerprint density at radius 1 is 1.52 bits per heavy atom. The highest BCUT2D eigenvalue weighted by molar-refractivity contribution is 6.04. The Hall–Kier alpha value is -2.44. The van der Waals surface area contributed by atoms with Crippen molar-refractivity contribution in [2.24, 2.45) is 5.16 Å². The van der Waals surface area contributed by atoms with E-state index in [4.69, 9.17) is 9.94 Å². The van der Waals surface area contributed by atoms with Gasteiger partial charge in [-0.15, -0.1) is 0 Å². The first-order chi connectivity index (χ1) is 10.8. The number of nitrogens with one attached hydrogen (secondary N) is 1. The predicted molar refractivity (Wildman–Crippen MR) is 81.5 cm³/mol. The third kappa shape index (κ3) is 4.28. The summed E-state index contributed by atoms with van der Waals surface area (Å²) >= 11 is 0. The van der Waals surface area contributed by atoms with E-state index in [1.54, 1.807) is 26.0 Å². The fraction of sp³-hybridized carbons (Fsp3) is 0.438. The molecule has 1 aromatic carbocycles. The number of hydrogen-bond donors (Lipinski definition) is 2. The van der Waals surface area contributed by atoms with Crippen LogP contribution in [0, 0.1) is 5.82 Å². The van der Waals surface area contributed by atoms with E-state index in [9.17, 15) is 14.0 Å². The Balaban J connectivity index is 2.00. The monoisotopic (exact) mass is 322 g/mol. The molecule has 0 fully saturated rings. The van der Waals surface area contributed by atoms with Gasteiger partial charge in [-0.3, -0.25) is 9.59 Å². The van der Waals surface area contributed by atoms with Crippen molar-refractivity contribution in [2.45, 2.75) is 44.8 Å². The van der Waals surface area contributed by atoms with Crippen LogP contribution in [0.15, 0.2) is 29.4 Å². The summed E-state index contributed by atoms with van der Waals surface area (Å²) in [6, 6.07) is 5.89. The number of benzene rings is 1. The van der Waals surface area contributed by atoms with Crippen molar-refractivity contribution in [1.29, 1.82) is 0 Å². The molecule has 1 aromatic rings. The summed E-state index contributed by atoms with van der Waals surface area (Å²) in [5.74, 6) is -1.80. The largest absolute Gasteiger partial charge is 0.481 e. The Kier molecular flexibility index (Phi) is 4.98. The molecule has 0 spiro atoms. The molecular formula is C16H19FN2O4. The van der Waals surface area contributed by atoms with Gasteiger partial charge in [-0.05, 0) is 25.5 Å². The average molecular weight is 322 g/mol.